The van der Waals surface area contributed by atoms with Gasteiger partial charge in [-0.15, -0.1) is 24.0 Å². The topological polar surface area (TPSA) is 66.0 Å². The Labute approximate surface area is 186 Å². The Hall–Kier alpha value is -1.51. The number of nitrogens with zero attached hydrogens (tertiary/aromatic N) is 2. The maximum atomic E-state index is 12.1. The van der Waals surface area contributed by atoms with Crippen molar-refractivity contribution in [2.24, 2.45) is 10.9 Å². The first-order chi connectivity index (χ1) is 12.8. The first-order valence-corrected chi connectivity index (χ1v) is 9.67. The number of methoxy groups -OCH3 is 1. The van der Waals surface area contributed by atoms with E-state index < -0.39 is 0 Å². The van der Waals surface area contributed by atoms with E-state index in [0.29, 0.717) is 0 Å². The van der Waals surface area contributed by atoms with E-state index in [9.17, 15) is 4.79 Å². The van der Waals surface area contributed by atoms with Gasteiger partial charge in [0.1, 0.15) is 5.75 Å². The van der Waals surface area contributed by atoms with Gasteiger partial charge < -0.3 is 20.3 Å². The molecule has 1 saturated heterocycles. The fourth-order valence-electron chi connectivity index (χ4n) is 3.28. The van der Waals surface area contributed by atoms with Crippen LogP contribution in [0.15, 0.2) is 29.3 Å². The maximum absolute atomic E-state index is 12.1. The maximum Gasteiger partial charge on any atom is 0.225 e. The van der Waals surface area contributed by atoms with Crippen molar-refractivity contribution < 1.29 is 9.53 Å². The third-order valence-corrected chi connectivity index (χ3v) is 5.13. The van der Waals surface area contributed by atoms with Crippen LogP contribution in [0, 0.1) is 5.92 Å². The van der Waals surface area contributed by atoms with Crippen molar-refractivity contribution in [3.63, 3.8) is 0 Å². The second-order valence-electron chi connectivity index (χ2n) is 8.11. The number of rotatable bonds is 6. The Kier molecular flexibility index (Phi) is 9.53. The lowest BCUT2D eigenvalue weighted by Crippen LogP contribution is -2.48. The molecule has 2 rings (SSSR count). The first kappa shape index (κ1) is 24.5. The Morgan fingerprint density at radius 2 is 1.96 bits per heavy atom. The summed E-state index contributed by atoms with van der Waals surface area (Å²) < 4.78 is 5.24. The molecule has 1 atom stereocenters. The van der Waals surface area contributed by atoms with Crippen LogP contribution in [-0.4, -0.2) is 56.6 Å². The van der Waals surface area contributed by atoms with Gasteiger partial charge in [-0.05, 0) is 24.1 Å². The van der Waals surface area contributed by atoms with Crippen LogP contribution in [0.3, 0.4) is 0 Å². The molecule has 0 aliphatic carbocycles. The lowest BCUT2D eigenvalue weighted by atomic mass is 9.84. The van der Waals surface area contributed by atoms with Crippen LogP contribution in [0.25, 0.3) is 0 Å². The van der Waals surface area contributed by atoms with Gasteiger partial charge in [-0.2, -0.15) is 0 Å². The number of likely N-dealkylation sites (tertiary alicyclic amines) is 1. The second kappa shape index (κ2) is 10.9. The van der Waals surface area contributed by atoms with Crippen molar-refractivity contribution in [1.82, 2.24) is 15.5 Å². The van der Waals surface area contributed by atoms with Crippen LogP contribution in [0.1, 0.15) is 39.7 Å². The molecule has 0 bridgehead atoms. The Balaban J connectivity index is 0.00000392. The van der Waals surface area contributed by atoms with Gasteiger partial charge in [0.25, 0.3) is 0 Å². The van der Waals surface area contributed by atoms with Crippen LogP contribution >= 0.6 is 24.0 Å². The molecule has 7 heteroatoms. The monoisotopic (exact) mass is 502 g/mol. The molecule has 1 amide bonds. The molecule has 0 spiro atoms. The van der Waals surface area contributed by atoms with Gasteiger partial charge in [-0.1, -0.05) is 39.8 Å². The van der Waals surface area contributed by atoms with E-state index in [4.69, 9.17) is 4.74 Å². The van der Waals surface area contributed by atoms with Gasteiger partial charge in [0, 0.05) is 44.1 Å². The highest BCUT2D eigenvalue weighted by atomic mass is 127. The molecule has 1 aromatic carbocycles. The average Bonchev–Trinajstić information content (AvgIpc) is 3.12. The van der Waals surface area contributed by atoms with E-state index in [2.05, 4.69) is 41.6 Å². The number of carbonyl (C=O) groups is 1. The lowest BCUT2D eigenvalue weighted by molar-refractivity contribution is -0.133. The van der Waals surface area contributed by atoms with Crippen LogP contribution < -0.4 is 15.4 Å². The highest BCUT2D eigenvalue weighted by Gasteiger charge is 2.28. The van der Waals surface area contributed by atoms with E-state index in [1.54, 1.807) is 14.2 Å². The Morgan fingerprint density at radius 3 is 2.50 bits per heavy atom. The number of benzene rings is 1. The van der Waals surface area contributed by atoms with Gasteiger partial charge in [-0.3, -0.25) is 9.79 Å². The predicted molar refractivity (Wildman–Crippen MR) is 126 cm³/mol. The SMILES string of the molecule is CN=C(NCC(C)(C)c1ccc(OC)cc1)NC1CCN(C(=O)C(C)C)C1.I. The molecule has 1 fully saturated rings. The summed E-state index contributed by atoms with van der Waals surface area (Å²) in [5, 5.41) is 6.89. The summed E-state index contributed by atoms with van der Waals surface area (Å²) in [6.45, 7) is 10.6. The van der Waals surface area contributed by atoms with Crippen molar-refractivity contribution in [3.05, 3.63) is 29.8 Å². The van der Waals surface area contributed by atoms with Crippen molar-refractivity contribution >= 4 is 35.8 Å². The summed E-state index contributed by atoms with van der Waals surface area (Å²) in [4.78, 5) is 18.4. The average molecular weight is 502 g/mol. The van der Waals surface area contributed by atoms with Crippen LogP contribution in [0.2, 0.25) is 0 Å². The molecule has 1 aromatic rings. The van der Waals surface area contributed by atoms with Crippen molar-refractivity contribution in [3.8, 4) is 5.75 Å². The number of ether oxygens (including phenoxy) is 1. The van der Waals surface area contributed by atoms with Crippen LogP contribution in [0.5, 0.6) is 5.75 Å². The lowest BCUT2D eigenvalue weighted by Gasteiger charge is -2.28. The predicted octanol–water partition coefficient (Wildman–Crippen LogP) is 3.01. The zero-order valence-corrected chi connectivity index (χ0v) is 20.2. The number of nitrogens with one attached hydrogen (secondary N) is 2. The molecule has 0 radical (unpaired) electrons. The molecule has 2 N–H and O–H groups in total. The number of hydrogen-bond donors (Lipinski definition) is 2. The van der Waals surface area contributed by atoms with E-state index in [1.165, 1.54) is 5.56 Å². The molecule has 28 heavy (non-hydrogen) atoms. The van der Waals surface area contributed by atoms with Gasteiger partial charge in [0.2, 0.25) is 5.91 Å². The minimum absolute atomic E-state index is 0. The minimum atomic E-state index is -0.0563. The number of hydrogen-bond acceptors (Lipinski definition) is 3. The zero-order chi connectivity index (χ0) is 20.0. The Bertz CT molecular complexity index is 659. The quantitative estimate of drug-likeness (QED) is 0.357. The molecule has 158 valence electrons. The number of carbonyl (C=O) groups excluding carboxylic acids is 1. The summed E-state index contributed by atoms with van der Waals surface area (Å²) in [6.07, 6.45) is 0.945. The molecule has 0 aromatic heterocycles. The molecule has 0 saturated carbocycles. The largest absolute Gasteiger partial charge is 0.497 e. The fraction of sp³-hybridized carbons (Fsp3) is 0.619. The van der Waals surface area contributed by atoms with Gasteiger partial charge in [0.15, 0.2) is 5.96 Å². The molecular weight excluding hydrogens is 467 g/mol. The van der Waals surface area contributed by atoms with E-state index in [0.717, 1.165) is 37.8 Å². The summed E-state index contributed by atoms with van der Waals surface area (Å²) >= 11 is 0. The zero-order valence-electron chi connectivity index (χ0n) is 17.9. The van der Waals surface area contributed by atoms with Crippen LogP contribution in [-0.2, 0) is 10.2 Å². The highest BCUT2D eigenvalue weighted by Crippen LogP contribution is 2.24. The summed E-state index contributed by atoms with van der Waals surface area (Å²) in [6, 6.07) is 8.42. The van der Waals surface area contributed by atoms with Crippen LogP contribution in [0.4, 0.5) is 0 Å². The number of aliphatic imine (C=N–C) groups is 1. The number of halogens is 1. The smallest absolute Gasteiger partial charge is 0.225 e. The highest BCUT2D eigenvalue weighted by molar-refractivity contribution is 14.0. The normalized spacial score (nSPS) is 17.3. The molecule has 1 unspecified atom stereocenters. The van der Waals surface area contributed by atoms with Gasteiger partial charge >= 0.3 is 0 Å². The number of guanidine groups is 1. The molecule has 1 heterocycles. The van der Waals surface area contributed by atoms with Gasteiger partial charge in [-0.25, -0.2) is 0 Å². The summed E-state index contributed by atoms with van der Waals surface area (Å²) in [5.41, 5.74) is 1.18. The van der Waals surface area contributed by atoms with E-state index >= 15 is 0 Å². The number of amides is 1. The fourth-order valence-corrected chi connectivity index (χ4v) is 3.28. The first-order valence-electron chi connectivity index (χ1n) is 9.67. The van der Waals surface area contributed by atoms with E-state index in [1.807, 2.05) is 30.9 Å². The van der Waals surface area contributed by atoms with Gasteiger partial charge in [0.05, 0.1) is 7.11 Å². The molecule has 1 aliphatic rings. The second-order valence-corrected chi connectivity index (χ2v) is 8.11. The summed E-state index contributed by atoms with van der Waals surface area (Å²) in [5.74, 6) is 1.91. The summed E-state index contributed by atoms with van der Waals surface area (Å²) in [7, 11) is 3.46. The van der Waals surface area contributed by atoms with E-state index in [-0.39, 0.29) is 47.3 Å². The minimum Gasteiger partial charge on any atom is -0.497 e. The van der Waals surface area contributed by atoms with Crippen molar-refractivity contribution in [2.75, 3.05) is 33.8 Å². The molecule has 1 aliphatic heterocycles. The van der Waals surface area contributed by atoms with Crippen molar-refractivity contribution in [1.29, 1.82) is 0 Å². The Morgan fingerprint density at radius 1 is 1.32 bits per heavy atom. The standard InChI is InChI=1S/C21H34N4O2.HI/c1-15(2)19(26)25-12-11-17(13-25)24-20(22-5)23-14-21(3,4)16-7-9-18(27-6)10-8-16;/h7-10,15,17H,11-14H2,1-6H3,(H2,22,23,24);1H. The molecule has 6 nitrogen and oxygen atoms in total. The molecular formula is C21H35IN4O2. The van der Waals surface area contributed by atoms with Crippen molar-refractivity contribution in [2.45, 2.75) is 45.6 Å². The third kappa shape index (κ3) is 6.53. The third-order valence-electron chi connectivity index (χ3n) is 5.13.